The van der Waals surface area contributed by atoms with Crippen molar-refractivity contribution in [2.45, 2.75) is 50.6 Å². The monoisotopic (exact) mass is 239 g/mol. The summed E-state index contributed by atoms with van der Waals surface area (Å²) in [6, 6.07) is 1.12. The first-order chi connectivity index (χ1) is 8.16. The van der Waals surface area contributed by atoms with E-state index in [-0.39, 0.29) is 0 Å². The normalized spacial score (nSPS) is 30.0. The van der Waals surface area contributed by atoms with Gasteiger partial charge in [-0.1, -0.05) is 12.8 Å². The molecule has 17 heavy (non-hydrogen) atoms. The van der Waals surface area contributed by atoms with Crippen LogP contribution in [0.1, 0.15) is 38.5 Å². The molecule has 100 valence electrons. The summed E-state index contributed by atoms with van der Waals surface area (Å²) in [6.45, 7) is 3.57. The van der Waals surface area contributed by atoms with Crippen LogP contribution in [0.15, 0.2) is 0 Å². The number of hydrogen-bond donors (Lipinski definition) is 1. The zero-order valence-corrected chi connectivity index (χ0v) is 11.6. The predicted molar refractivity (Wildman–Crippen MR) is 73.1 cm³/mol. The number of likely N-dealkylation sites (N-methyl/N-ethyl adjacent to an activating group) is 2. The zero-order valence-electron chi connectivity index (χ0n) is 11.6. The van der Waals surface area contributed by atoms with Crippen LogP contribution in [0.5, 0.6) is 0 Å². The van der Waals surface area contributed by atoms with E-state index < -0.39 is 0 Å². The standard InChI is InChI=1S/C14H29N3/c1-16-9-5-8-13(10-16)17(2)11-14(15)12-6-3-4-7-12/h12-14H,3-11,15H2,1-2H3. The molecular formula is C14H29N3. The van der Waals surface area contributed by atoms with Gasteiger partial charge in [-0.3, -0.25) is 0 Å². The van der Waals surface area contributed by atoms with Crippen LogP contribution in [0.4, 0.5) is 0 Å². The van der Waals surface area contributed by atoms with Crippen LogP contribution in [-0.2, 0) is 0 Å². The van der Waals surface area contributed by atoms with Gasteiger partial charge in [0.25, 0.3) is 0 Å². The predicted octanol–water partition coefficient (Wildman–Crippen LogP) is 1.53. The summed E-state index contributed by atoms with van der Waals surface area (Å²) in [7, 11) is 4.50. The Labute approximate surface area is 106 Å². The maximum Gasteiger partial charge on any atom is 0.0221 e. The molecule has 3 heteroatoms. The van der Waals surface area contributed by atoms with Crippen LogP contribution in [0.25, 0.3) is 0 Å². The fraction of sp³-hybridized carbons (Fsp3) is 1.00. The molecule has 1 saturated carbocycles. The van der Waals surface area contributed by atoms with Crippen molar-refractivity contribution in [1.29, 1.82) is 0 Å². The van der Waals surface area contributed by atoms with Crippen molar-refractivity contribution < 1.29 is 0 Å². The minimum Gasteiger partial charge on any atom is -0.326 e. The van der Waals surface area contributed by atoms with Crippen molar-refractivity contribution in [3.63, 3.8) is 0 Å². The quantitative estimate of drug-likeness (QED) is 0.807. The molecule has 0 spiro atoms. The Hall–Kier alpha value is -0.120. The first kappa shape index (κ1) is 13.3. The highest BCUT2D eigenvalue weighted by Gasteiger charge is 2.26. The van der Waals surface area contributed by atoms with Crippen LogP contribution in [0.3, 0.4) is 0 Å². The minimum atomic E-state index is 0.398. The molecule has 3 nitrogen and oxygen atoms in total. The van der Waals surface area contributed by atoms with E-state index in [1.54, 1.807) is 0 Å². The van der Waals surface area contributed by atoms with Crippen LogP contribution in [0, 0.1) is 5.92 Å². The van der Waals surface area contributed by atoms with Gasteiger partial charge >= 0.3 is 0 Å². The van der Waals surface area contributed by atoms with Gasteiger partial charge in [0, 0.05) is 25.2 Å². The molecule has 0 bridgehead atoms. The molecule has 2 atom stereocenters. The van der Waals surface area contributed by atoms with Gasteiger partial charge in [-0.25, -0.2) is 0 Å². The van der Waals surface area contributed by atoms with E-state index in [0.717, 1.165) is 18.5 Å². The molecule has 0 radical (unpaired) electrons. The van der Waals surface area contributed by atoms with E-state index in [1.807, 2.05) is 0 Å². The lowest BCUT2D eigenvalue weighted by Crippen LogP contribution is -2.49. The van der Waals surface area contributed by atoms with Gasteiger partial charge in [-0.05, 0) is 52.2 Å². The summed E-state index contributed by atoms with van der Waals surface area (Å²) in [5, 5.41) is 0. The molecule has 0 aromatic heterocycles. The Morgan fingerprint density at radius 2 is 1.94 bits per heavy atom. The first-order valence-electron chi connectivity index (χ1n) is 7.31. The van der Waals surface area contributed by atoms with Crippen LogP contribution in [-0.4, -0.2) is 55.6 Å². The molecular weight excluding hydrogens is 210 g/mol. The fourth-order valence-corrected chi connectivity index (χ4v) is 3.52. The third-order valence-corrected chi connectivity index (χ3v) is 4.73. The number of hydrogen-bond acceptors (Lipinski definition) is 3. The van der Waals surface area contributed by atoms with E-state index in [9.17, 15) is 0 Å². The summed E-state index contributed by atoms with van der Waals surface area (Å²) in [6.07, 6.45) is 8.20. The first-order valence-corrected chi connectivity index (χ1v) is 7.31. The number of nitrogens with zero attached hydrogens (tertiary/aromatic N) is 2. The zero-order chi connectivity index (χ0) is 12.3. The Morgan fingerprint density at radius 1 is 1.24 bits per heavy atom. The Balaban J connectivity index is 1.76. The summed E-state index contributed by atoms with van der Waals surface area (Å²) in [4.78, 5) is 4.96. The fourth-order valence-electron chi connectivity index (χ4n) is 3.52. The summed E-state index contributed by atoms with van der Waals surface area (Å²) in [5.74, 6) is 0.791. The van der Waals surface area contributed by atoms with E-state index in [0.29, 0.717) is 6.04 Å². The maximum absolute atomic E-state index is 6.37. The van der Waals surface area contributed by atoms with Crippen molar-refractivity contribution in [3.8, 4) is 0 Å². The Morgan fingerprint density at radius 3 is 2.59 bits per heavy atom. The average molecular weight is 239 g/mol. The lowest BCUT2D eigenvalue weighted by atomic mass is 9.97. The van der Waals surface area contributed by atoms with E-state index >= 15 is 0 Å². The summed E-state index contributed by atoms with van der Waals surface area (Å²) >= 11 is 0. The maximum atomic E-state index is 6.37. The molecule has 0 aromatic rings. The second kappa shape index (κ2) is 6.17. The largest absolute Gasteiger partial charge is 0.326 e. The molecule has 2 rings (SSSR count). The topological polar surface area (TPSA) is 32.5 Å². The van der Waals surface area contributed by atoms with Gasteiger partial charge in [0.05, 0.1) is 0 Å². The van der Waals surface area contributed by atoms with Gasteiger partial charge in [-0.2, -0.15) is 0 Å². The van der Waals surface area contributed by atoms with Crippen LogP contribution in [0.2, 0.25) is 0 Å². The van der Waals surface area contributed by atoms with Gasteiger partial charge in [0.15, 0.2) is 0 Å². The summed E-state index contributed by atoms with van der Waals surface area (Å²) < 4.78 is 0. The second-order valence-electron chi connectivity index (χ2n) is 6.21. The van der Waals surface area contributed by atoms with Crippen molar-refractivity contribution in [2.75, 3.05) is 33.7 Å². The van der Waals surface area contributed by atoms with Gasteiger partial charge in [0.1, 0.15) is 0 Å². The van der Waals surface area contributed by atoms with E-state index in [4.69, 9.17) is 5.73 Å². The number of piperidine rings is 1. The molecule has 1 aliphatic heterocycles. The number of likely N-dealkylation sites (tertiary alicyclic amines) is 1. The summed E-state index contributed by atoms with van der Waals surface area (Å²) in [5.41, 5.74) is 6.37. The van der Waals surface area contributed by atoms with Crippen molar-refractivity contribution in [3.05, 3.63) is 0 Å². The van der Waals surface area contributed by atoms with E-state index in [2.05, 4.69) is 23.9 Å². The smallest absolute Gasteiger partial charge is 0.0221 e. The van der Waals surface area contributed by atoms with E-state index in [1.165, 1.54) is 51.6 Å². The molecule has 2 unspecified atom stereocenters. The van der Waals surface area contributed by atoms with Gasteiger partial charge in [-0.15, -0.1) is 0 Å². The lowest BCUT2D eigenvalue weighted by molar-refractivity contribution is 0.122. The average Bonchev–Trinajstić information content (AvgIpc) is 2.82. The van der Waals surface area contributed by atoms with Crippen LogP contribution >= 0.6 is 0 Å². The second-order valence-corrected chi connectivity index (χ2v) is 6.21. The highest BCUT2D eigenvalue weighted by molar-refractivity contribution is 4.84. The SMILES string of the molecule is CN1CCCC(N(C)CC(N)C2CCCC2)C1. The van der Waals surface area contributed by atoms with Crippen LogP contribution < -0.4 is 5.73 Å². The minimum absolute atomic E-state index is 0.398. The molecule has 2 fully saturated rings. The molecule has 0 aromatic carbocycles. The Kier molecular flexibility index (Phi) is 4.83. The van der Waals surface area contributed by atoms with Gasteiger partial charge in [0.2, 0.25) is 0 Å². The molecule has 1 aliphatic carbocycles. The highest BCUT2D eigenvalue weighted by atomic mass is 15.2. The molecule has 0 amide bonds. The molecule has 2 aliphatic rings. The lowest BCUT2D eigenvalue weighted by Gasteiger charge is -2.37. The third-order valence-electron chi connectivity index (χ3n) is 4.73. The molecule has 2 N–H and O–H groups in total. The van der Waals surface area contributed by atoms with Gasteiger partial charge < -0.3 is 15.5 Å². The number of rotatable bonds is 4. The molecule has 1 saturated heterocycles. The third kappa shape index (κ3) is 3.67. The van der Waals surface area contributed by atoms with Crippen molar-refractivity contribution in [2.24, 2.45) is 11.7 Å². The highest BCUT2D eigenvalue weighted by Crippen LogP contribution is 2.27. The van der Waals surface area contributed by atoms with Crippen molar-refractivity contribution in [1.82, 2.24) is 9.80 Å². The van der Waals surface area contributed by atoms with Crippen molar-refractivity contribution >= 4 is 0 Å². The molecule has 1 heterocycles. The Bertz CT molecular complexity index is 226. The number of nitrogens with two attached hydrogens (primary N) is 1.